The van der Waals surface area contributed by atoms with Gasteiger partial charge in [0.15, 0.2) is 0 Å². The predicted octanol–water partition coefficient (Wildman–Crippen LogP) is 0.250. The SMILES string of the molecule is CC(C)(CNS(=O)(=O)c1ccc(F)c(C(N)=S)c1)C(N)=O. The molecule has 0 spiro atoms. The minimum atomic E-state index is -3.94. The second kappa shape index (κ2) is 6.04. The Labute approximate surface area is 127 Å². The lowest BCUT2D eigenvalue weighted by molar-refractivity contribution is -0.125. The van der Waals surface area contributed by atoms with Crippen LogP contribution in [0.2, 0.25) is 0 Å². The van der Waals surface area contributed by atoms with Gasteiger partial charge in [0.2, 0.25) is 15.9 Å². The third-order valence-electron chi connectivity index (χ3n) is 2.88. The topological polar surface area (TPSA) is 115 Å². The molecule has 1 rings (SSSR count). The third-order valence-corrected chi connectivity index (χ3v) is 4.50. The molecule has 6 nitrogen and oxygen atoms in total. The van der Waals surface area contributed by atoms with Gasteiger partial charge >= 0.3 is 0 Å². The van der Waals surface area contributed by atoms with Crippen LogP contribution in [0, 0.1) is 11.2 Å². The van der Waals surface area contributed by atoms with E-state index in [4.69, 9.17) is 11.5 Å². The maximum absolute atomic E-state index is 13.4. The van der Waals surface area contributed by atoms with Crippen LogP contribution >= 0.6 is 12.2 Å². The second-order valence-corrected chi connectivity index (χ2v) is 7.29. The Kier molecular flexibility index (Phi) is 5.03. The number of nitrogens with one attached hydrogen (secondary N) is 1. The van der Waals surface area contributed by atoms with Crippen molar-refractivity contribution < 1.29 is 17.6 Å². The summed E-state index contributed by atoms with van der Waals surface area (Å²) in [5.41, 5.74) is 9.27. The molecule has 0 aliphatic rings. The molecule has 21 heavy (non-hydrogen) atoms. The average Bonchev–Trinajstić information content (AvgIpc) is 2.36. The molecule has 0 bridgehead atoms. The van der Waals surface area contributed by atoms with E-state index in [9.17, 15) is 17.6 Å². The van der Waals surface area contributed by atoms with Crippen molar-refractivity contribution in [2.24, 2.45) is 16.9 Å². The van der Waals surface area contributed by atoms with E-state index in [2.05, 4.69) is 16.9 Å². The first kappa shape index (κ1) is 17.5. The van der Waals surface area contributed by atoms with E-state index in [1.807, 2.05) is 0 Å². The molecular formula is C12H16FN3O3S2. The third kappa shape index (κ3) is 4.19. The Hall–Kier alpha value is -1.58. The van der Waals surface area contributed by atoms with E-state index in [0.717, 1.165) is 18.2 Å². The highest BCUT2D eigenvalue weighted by atomic mass is 32.2. The van der Waals surface area contributed by atoms with Crippen LogP contribution in [0.3, 0.4) is 0 Å². The van der Waals surface area contributed by atoms with Crippen LogP contribution in [0.5, 0.6) is 0 Å². The Bertz CT molecular complexity index is 687. The van der Waals surface area contributed by atoms with E-state index in [-0.39, 0.29) is 22.0 Å². The quantitative estimate of drug-likeness (QED) is 0.646. The van der Waals surface area contributed by atoms with E-state index in [1.54, 1.807) is 0 Å². The molecule has 5 N–H and O–H groups in total. The predicted molar refractivity (Wildman–Crippen MR) is 80.5 cm³/mol. The molecule has 1 amide bonds. The molecule has 0 aliphatic heterocycles. The summed E-state index contributed by atoms with van der Waals surface area (Å²) in [5.74, 6) is -1.35. The fourth-order valence-electron chi connectivity index (χ4n) is 1.31. The first-order valence-corrected chi connectivity index (χ1v) is 7.75. The summed E-state index contributed by atoms with van der Waals surface area (Å²) >= 11 is 4.65. The maximum Gasteiger partial charge on any atom is 0.240 e. The van der Waals surface area contributed by atoms with Crippen molar-refractivity contribution in [3.05, 3.63) is 29.6 Å². The molecule has 0 aromatic heterocycles. The number of halogens is 1. The first-order chi connectivity index (χ1) is 9.47. The van der Waals surface area contributed by atoms with Crippen LogP contribution in [0.1, 0.15) is 19.4 Å². The van der Waals surface area contributed by atoms with Crippen LogP contribution in [-0.2, 0) is 14.8 Å². The molecule has 0 unspecified atom stereocenters. The van der Waals surface area contributed by atoms with Gasteiger partial charge in [-0.05, 0) is 32.0 Å². The molecule has 0 fully saturated rings. The molecule has 9 heteroatoms. The monoisotopic (exact) mass is 333 g/mol. The summed E-state index contributed by atoms with van der Waals surface area (Å²) in [6.45, 7) is 2.82. The number of sulfonamides is 1. The number of rotatable bonds is 6. The summed E-state index contributed by atoms with van der Waals surface area (Å²) in [4.78, 5) is 10.7. The number of amides is 1. The highest BCUT2D eigenvalue weighted by molar-refractivity contribution is 7.89. The number of nitrogens with two attached hydrogens (primary N) is 2. The van der Waals surface area contributed by atoms with Crippen molar-refractivity contribution in [3.8, 4) is 0 Å². The summed E-state index contributed by atoms with van der Waals surface area (Å²) < 4.78 is 39.9. The number of primary amides is 1. The van der Waals surface area contributed by atoms with Crippen molar-refractivity contribution in [1.82, 2.24) is 4.72 Å². The van der Waals surface area contributed by atoms with Crippen LogP contribution in [-0.4, -0.2) is 25.9 Å². The molecule has 0 aliphatic carbocycles. The lowest BCUT2D eigenvalue weighted by Gasteiger charge is -2.20. The van der Waals surface area contributed by atoms with Crippen molar-refractivity contribution in [2.75, 3.05) is 6.54 Å². The van der Waals surface area contributed by atoms with E-state index >= 15 is 0 Å². The first-order valence-electron chi connectivity index (χ1n) is 5.86. The van der Waals surface area contributed by atoms with Gasteiger partial charge in [-0.3, -0.25) is 4.79 Å². The molecule has 116 valence electrons. The van der Waals surface area contributed by atoms with Gasteiger partial charge < -0.3 is 11.5 Å². The maximum atomic E-state index is 13.4. The molecule has 0 heterocycles. The van der Waals surface area contributed by atoms with Crippen LogP contribution in [0.4, 0.5) is 4.39 Å². The number of carbonyl (C=O) groups is 1. The normalized spacial score (nSPS) is 12.1. The molecule has 0 atom stereocenters. The summed E-state index contributed by atoms with van der Waals surface area (Å²) in [6, 6.07) is 3.08. The minimum Gasteiger partial charge on any atom is -0.389 e. The van der Waals surface area contributed by atoms with Gasteiger partial charge in [-0.1, -0.05) is 12.2 Å². The van der Waals surface area contributed by atoms with Gasteiger partial charge in [0.1, 0.15) is 10.8 Å². The van der Waals surface area contributed by atoms with Gasteiger partial charge in [-0.2, -0.15) is 0 Å². The molecule has 1 aromatic carbocycles. The zero-order valence-electron chi connectivity index (χ0n) is 11.5. The molecule has 0 saturated carbocycles. The Morgan fingerprint density at radius 1 is 1.38 bits per heavy atom. The van der Waals surface area contributed by atoms with Crippen molar-refractivity contribution >= 4 is 33.1 Å². The van der Waals surface area contributed by atoms with Gasteiger partial charge in [0.25, 0.3) is 0 Å². The number of hydrogen-bond acceptors (Lipinski definition) is 4. The Morgan fingerprint density at radius 2 is 1.95 bits per heavy atom. The summed E-state index contributed by atoms with van der Waals surface area (Å²) in [6.07, 6.45) is 0. The summed E-state index contributed by atoms with van der Waals surface area (Å²) in [5, 5.41) is 0. The number of thiocarbonyl (C=S) groups is 1. The van der Waals surface area contributed by atoms with Crippen LogP contribution in [0.25, 0.3) is 0 Å². The zero-order chi connectivity index (χ0) is 16.4. The van der Waals surface area contributed by atoms with E-state index in [1.165, 1.54) is 13.8 Å². The van der Waals surface area contributed by atoms with Crippen molar-refractivity contribution in [3.63, 3.8) is 0 Å². The Morgan fingerprint density at radius 3 is 2.43 bits per heavy atom. The molecule has 1 aromatic rings. The number of hydrogen-bond donors (Lipinski definition) is 3. The fraction of sp³-hybridized carbons (Fsp3) is 0.333. The van der Waals surface area contributed by atoms with Crippen LogP contribution in [0.15, 0.2) is 23.1 Å². The second-order valence-electron chi connectivity index (χ2n) is 5.08. The molecular weight excluding hydrogens is 317 g/mol. The van der Waals surface area contributed by atoms with Crippen molar-refractivity contribution in [2.45, 2.75) is 18.7 Å². The van der Waals surface area contributed by atoms with Gasteiger partial charge in [-0.25, -0.2) is 17.5 Å². The standard InChI is InChI=1S/C12H16FN3O3S2/c1-12(2,11(15)17)6-16-21(18,19)7-3-4-9(13)8(5-7)10(14)20/h3-5,16H,6H2,1-2H3,(H2,14,20)(H2,15,17). The molecule has 0 radical (unpaired) electrons. The lowest BCUT2D eigenvalue weighted by Crippen LogP contribution is -2.42. The zero-order valence-corrected chi connectivity index (χ0v) is 13.1. The fourth-order valence-corrected chi connectivity index (χ4v) is 2.70. The lowest BCUT2D eigenvalue weighted by atomic mass is 9.93. The Balaban J connectivity index is 3.07. The smallest absolute Gasteiger partial charge is 0.240 e. The van der Waals surface area contributed by atoms with Crippen molar-refractivity contribution in [1.29, 1.82) is 0 Å². The van der Waals surface area contributed by atoms with E-state index in [0.29, 0.717) is 0 Å². The highest BCUT2D eigenvalue weighted by Crippen LogP contribution is 2.17. The average molecular weight is 333 g/mol. The number of carbonyl (C=O) groups excluding carboxylic acids is 1. The molecule has 0 saturated heterocycles. The van der Waals surface area contributed by atoms with Gasteiger partial charge in [-0.15, -0.1) is 0 Å². The summed E-state index contributed by atoms with van der Waals surface area (Å²) in [7, 11) is -3.94. The minimum absolute atomic E-state index is 0.165. The number of benzene rings is 1. The highest BCUT2D eigenvalue weighted by Gasteiger charge is 2.28. The van der Waals surface area contributed by atoms with E-state index < -0.39 is 27.2 Å². The van der Waals surface area contributed by atoms with Gasteiger partial charge in [0, 0.05) is 12.1 Å². The van der Waals surface area contributed by atoms with Gasteiger partial charge in [0.05, 0.1) is 10.3 Å². The largest absolute Gasteiger partial charge is 0.389 e. The van der Waals surface area contributed by atoms with Crippen LogP contribution < -0.4 is 16.2 Å².